The van der Waals surface area contributed by atoms with Gasteiger partial charge in [-0.25, -0.2) is 13.1 Å². The highest BCUT2D eigenvalue weighted by Crippen LogP contribution is 2.30. The quantitative estimate of drug-likeness (QED) is 0.841. The van der Waals surface area contributed by atoms with Gasteiger partial charge in [-0.2, -0.15) is 0 Å². The third kappa shape index (κ3) is 3.05. The third-order valence-corrected chi connectivity index (χ3v) is 5.03. The van der Waals surface area contributed by atoms with Gasteiger partial charge in [0, 0.05) is 18.2 Å². The minimum absolute atomic E-state index is 0.120. The number of sulfonamides is 1. The third-order valence-electron chi connectivity index (χ3n) is 3.54. The Morgan fingerprint density at radius 3 is 2.45 bits per heavy atom. The standard InChI is InChI=1S/C13H20N2O4S/c1-18-12-7-6-9(8-13(12)19-2)20(16,17)15-11-5-3-4-10(11)14/h6-8,10-11,15H,3-5,14H2,1-2H3. The molecule has 1 saturated carbocycles. The maximum Gasteiger partial charge on any atom is 0.241 e. The summed E-state index contributed by atoms with van der Waals surface area (Å²) in [6.45, 7) is 0. The van der Waals surface area contributed by atoms with Crippen LogP contribution in [-0.2, 0) is 10.0 Å². The summed E-state index contributed by atoms with van der Waals surface area (Å²) in [4.78, 5) is 0.147. The molecule has 0 amide bonds. The van der Waals surface area contributed by atoms with Crippen molar-refractivity contribution in [3.63, 3.8) is 0 Å². The van der Waals surface area contributed by atoms with Crippen molar-refractivity contribution < 1.29 is 17.9 Å². The van der Waals surface area contributed by atoms with Crippen LogP contribution >= 0.6 is 0 Å². The molecule has 1 aliphatic rings. The van der Waals surface area contributed by atoms with Crippen molar-refractivity contribution in [1.82, 2.24) is 4.72 Å². The summed E-state index contributed by atoms with van der Waals surface area (Å²) in [5.74, 6) is 0.870. The lowest BCUT2D eigenvalue weighted by atomic mass is 10.2. The van der Waals surface area contributed by atoms with Crippen molar-refractivity contribution in [3.05, 3.63) is 18.2 Å². The molecule has 1 aliphatic carbocycles. The van der Waals surface area contributed by atoms with Crippen LogP contribution in [0, 0.1) is 0 Å². The molecule has 2 atom stereocenters. The van der Waals surface area contributed by atoms with Crippen LogP contribution in [0.25, 0.3) is 0 Å². The first-order chi connectivity index (χ1) is 9.47. The lowest BCUT2D eigenvalue weighted by Crippen LogP contribution is -2.43. The van der Waals surface area contributed by atoms with E-state index in [0.717, 1.165) is 19.3 Å². The molecule has 1 aromatic rings. The molecule has 0 spiro atoms. The number of rotatable bonds is 5. The molecule has 2 unspecified atom stereocenters. The van der Waals surface area contributed by atoms with Crippen LogP contribution in [-0.4, -0.2) is 34.7 Å². The van der Waals surface area contributed by atoms with Crippen LogP contribution in [0.3, 0.4) is 0 Å². The smallest absolute Gasteiger partial charge is 0.241 e. The van der Waals surface area contributed by atoms with Crippen molar-refractivity contribution in [2.45, 2.75) is 36.2 Å². The molecule has 7 heteroatoms. The van der Waals surface area contributed by atoms with E-state index < -0.39 is 10.0 Å². The SMILES string of the molecule is COc1ccc(S(=O)(=O)NC2CCCC2N)cc1OC. The van der Waals surface area contributed by atoms with Gasteiger partial charge in [0.15, 0.2) is 11.5 Å². The van der Waals surface area contributed by atoms with Gasteiger partial charge in [-0.3, -0.25) is 0 Å². The monoisotopic (exact) mass is 300 g/mol. The van der Waals surface area contributed by atoms with Crippen LogP contribution in [0.5, 0.6) is 11.5 Å². The second-order valence-corrected chi connectivity index (χ2v) is 6.55. The van der Waals surface area contributed by atoms with Gasteiger partial charge in [0.25, 0.3) is 0 Å². The van der Waals surface area contributed by atoms with Crippen molar-refractivity contribution >= 4 is 10.0 Å². The highest BCUT2D eigenvalue weighted by molar-refractivity contribution is 7.89. The van der Waals surface area contributed by atoms with Gasteiger partial charge in [0.05, 0.1) is 19.1 Å². The van der Waals surface area contributed by atoms with Gasteiger partial charge in [-0.15, -0.1) is 0 Å². The second-order valence-electron chi connectivity index (χ2n) is 4.84. The molecule has 112 valence electrons. The lowest BCUT2D eigenvalue weighted by Gasteiger charge is -2.18. The summed E-state index contributed by atoms with van der Waals surface area (Å²) in [6, 6.07) is 4.19. The number of nitrogens with two attached hydrogens (primary N) is 1. The average Bonchev–Trinajstić information content (AvgIpc) is 2.82. The van der Waals surface area contributed by atoms with E-state index in [1.54, 1.807) is 6.07 Å². The Hall–Kier alpha value is -1.31. The molecule has 2 rings (SSSR count). The van der Waals surface area contributed by atoms with Crippen LogP contribution in [0.2, 0.25) is 0 Å². The predicted octanol–water partition coefficient (Wildman–Crippen LogP) is 0.862. The highest BCUT2D eigenvalue weighted by atomic mass is 32.2. The topological polar surface area (TPSA) is 90.7 Å². The van der Waals surface area contributed by atoms with Crippen molar-refractivity contribution in [2.24, 2.45) is 5.73 Å². The van der Waals surface area contributed by atoms with Gasteiger partial charge in [-0.1, -0.05) is 6.42 Å². The van der Waals surface area contributed by atoms with Crippen molar-refractivity contribution in [1.29, 1.82) is 0 Å². The van der Waals surface area contributed by atoms with E-state index in [9.17, 15) is 8.42 Å². The lowest BCUT2D eigenvalue weighted by molar-refractivity contribution is 0.354. The normalized spacial score (nSPS) is 22.8. The molecule has 1 fully saturated rings. The summed E-state index contributed by atoms with van der Waals surface area (Å²) in [6.07, 6.45) is 2.56. The van der Waals surface area contributed by atoms with Gasteiger partial charge in [0.2, 0.25) is 10.0 Å². The Morgan fingerprint density at radius 2 is 1.90 bits per heavy atom. The molecule has 6 nitrogen and oxygen atoms in total. The fourth-order valence-electron chi connectivity index (χ4n) is 2.39. The zero-order valence-corrected chi connectivity index (χ0v) is 12.4. The van der Waals surface area contributed by atoms with Gasteiger partial charge in [0.1, 0.15) is 0 Å². The zero-order chi connectivity index (χ0) is 14.8. The van der Waals surface area contributed by atoms with Crippen molar-refractivity contribution in [3.8, 4) is 11.5 Å². The van der Waals surface area contributed by atoms with Gasteiger partial charge >= 0.3 is 0 Å². The number of hydrogen-bond donors (Lipinski definition) is 2. The molecule has 0 saturated heterocycles. The number of nitrogens with one attached hydrogen (secondary N) is 1. The molecule has 0 radical (unpaired) electrons. The van der Waals surface area contributed by atoms with E-state index in [1.165, 1.54) is 26.4 Å². The average molecular weight is 300 g/mol. The fourth-order valence-corrected chi connectivity index (χ4v) is 3.72. The molecular formula is C13H20N2O4S. The van der Waals surface area contributed by atoms with E-state index in [2.05, 4.69) is 4.72 Å². The number of benzene rings is 1. The van der Waals surface area contributed by atoms with E-state index in [0.29, 0.717) is 11.5 Å². The Morgan fingerprint density at radius 1 is 1.20 bits per heavy atom. The maximum absolute atomic E-state index is 12.3. The van der Waals surface area contributed by atoms with E-state index in [1.807, 2.05) is 0 Å². The van der Waals surface area contributed by atoms with Crippen LogP contribution < -0.4 is 19.9 Å². The first-order valence-electron chi connectivity index (χ1n) is 6.48. The first kappa shape index (κ1) is 15.1. The summed E-state index contributed by atoms with van der Waals surface area (Å²) in [5, 5.41) is 0. The van der Waals surface area contributed by atoms with E-state index in [4.69, 9.17) is 15.2 Å². The summed E-state index contributed by atoms with van der Waals surface area (Å²) < 4.78 is 37.6. The van der Waals surface area contributed by atoms with Crippen LogP contribution in [0.1, 0.15) is 19.3 Å². The largest absolute Gasteiger partial charge is 0.493 e. The fraction of sp³-hybridized carbons (Fsp3) is 0.538. The molecule has 20 heavy (non-hydrogen) atoms. The number of ether oxygens (including phenoxy) is 2. The molecule has 0 aromatic heterocycles. The predicted molar refractivity (Wildman–Crippen MR) is 75.5 cm³/mol. The zero-order valence-electron chi connectivity index (χ0n) is 11.6. The Bertz CT molecular complexity index is 574. The van der Waals surface area contributed by atoms with Crippen LogP contribution in [0.4, 0.5) is 0 Å². The van der Waals surface area contributed by atoms with Gasteiger partial charge in [-0.05, 0) is 25.0 Å². The minimum atomic E-state index is -3.60. The molecule has 0 bridgehead atoms. The van der Waals surface area contributed by atoms with E-state index in [-0.39, 0.29) is 17.0 Å². The second kappa shape index (κ2) is 5.99. The molecule has 3 N–H and O–H groups in total. The Labute approximate surface area is 119 Å². The van der Waals surface area contributed by atoms with Crippen LogP contribution in [0.15, 0.2) is 23.1 Å². The minimum Gasteiger partial charge on any atom is -0.493 e. The van der Waals surface area contributed by atoms with Gasteiger partial charge < -0.3 is 15.2 Å². The Kier molecular flexibility index (Phi) is 4.52. The molecule has 1 aromatic carbocycles. The summed E-state index contributed by atoms with van der Waals surface area (Å²) in [7, 11) is -0.631. The summed E-state index contributed by atoms with van der Waals surface area (Å²) in [5.41, 5.74) is 5.89. The molecular weight excluding hydrogens is 280 g/mol. The highest BCUT2D eigenvalue weighted by Gasteiger charge is 2.29. The molecule has 0 heterocycles. The summed E-state index contributed by atoms with van der Waals surface area (Å²) >= 11 is 0. The first-order valence-corrected chi connectivity index (χ1v) is 7.96. The van der Waals surface area contributed by atoms with Crippen molar-refractivity contribution in [2.75, 3.05) is 14.2 Å². The number of hydrogen-bond acceptors (Lipinski definition) is 5. The molecule has 0 aliphatic heterocycles. The maximum atomic E-state index is 12.3. The Balaban J connectivity index is 2.25. The number of methoxy groups -OCH3 is 2. The van der Waals surface area contributed by atoms with E-state index >= 15 is 0 Å².